The molecule has 0 aliphatic heterocycles. The molecule has 0 N–H and O–H groups in total. The van der Waals surface area contributed by atoms with Gasteiger partial charge in [-0.25, -0.2) is 0 Å². The monoisotopic (exact) mass is 842 g/mol. The Hall–Kier alpha value is -4.83. The molecule has 8 heteroatoms. The third-order valence-corrected chi connectivity index (χ3v) is 17.0. The molecule has 7 rings (SSSR count). The smallest absolute Gasteiger partial charge is 0.405 e. The highest BCUT2D eigenvalue weighted by Gasteiger charge is 2.50. The summed E-state index contributed by atoms with van der Waals surface area (Å²) in [6, 6.07) is 57.5. The molecule has 0 bridgehead atoms. The average Bonchev–Trinajstić information content (AvgIpc) is 3.29. The number of halogens is 3. The van der Waals surface area contributed by atoms with Gasteiger partial charge in [-0.2, -0.15) is 13.2 Å². The first-order valence-corrected chi connectivity index (χ1v) is 23.3. The molecule has 0 radical (unpaired) electrons. The Kier molecular flexibility index (Phi) is 14.4. The van der Waals surface area contributed by atoms with Gasteiger partial charge < -0.3 is 18.6 Å². The quantitative estimate of drug-likeness (QED) is 0.0677. The first-order chi connectivity index (χ1) is 29.5. The lowest BCUT2D eigenvalue weighted by Gasteiger charge is -2.43. The molecule has 61 heavy (non-hydrogen) atoms. The van der Waals surface area contributed by atoms with Crippen LogP contribution in [0.3, 0.4) is 0 Å². The lowest BCUT2D eigenvalue weighted by molar-refractivity contribution is -0.137. The van der Waals surface area contributed by atoms with Crippen molar-refractivity contribution in [3.05, 3.63) is 204 Å². The largest absolute Gasteiger partial charge is 0.416 e. The van der Waals surface area contributed by atoms with Gasteiger partial charge in [-0.05, 0) is 75.0 Å². The predicted molar refractivity (Wildman–Crippen MR) is 240 cm³/mol. The highest BCUT2D eigenvalue weighted by molar-refractivity contribution is 6.99. The Morgan fingerprint density at radius 1 is 0.574 bits per heavy atom. The molecule has 0 heterocycles. The molecule has 1 aliphatic carbocycles. The number of rotatable bonds is 17. The lowest BCUT2D eigenvalue weighted by Crippen LogP contribution is -2.67. The summed E-state index contributed by atoms with van der Waals surface area (Å²) in [6.07, 6.45) is -1.14. The zero-order valence-corrected chi connectivity index (χ0v) is 36.4. The molecule has 1 fully saturated rings. The molecule has 6 aromatic carbocycles. The fourth-order valence-electron chi connectivity index (χ4n) is 8.93. The fourth-order valence-corrected chi connectivity index (χ4v) is 13.5. The number of ether oxygens (including phenoxy) is 3. The van der Waals surface area contributed by atoms with E-state index in [4.69, 9.17) is 18.6 Å². The SMILES string of the molecule is CC(C)(C)[Si](OCC(CO[C@@H]1CCC[C@H](COC(c2ccccc2)(c2ccccc2)c2ccccc2)C1)OCc1ccc(C(F)(F)F)cc1)(c1ccccc1)c1ccccc1. The van der Waals surface area contributed by atoms with E-state index in [1.807, 2.05) is 30.3 Å². The highest BCUT2D eigenvalue weighted by atomic mass is 28.4. The summed E-state index contributed by atoms with van der Waals surface area (Å²) in [7, 11) is -2.92. The van der Waals surface area contributed by atoms with Crippen molar-refractivity contribution in [2.75, 3.05) is 19.8 Å². The molecular formula is C53H57F3O4Si. The van der Waals surface area contributed by atoms with Crippen LogP contribution in [0.1, 0.15) is 74.3 Å². The van der Waals surface area contributed by atoms with Crippen LogP contribution in [-0.2, 0) is 37.0 Å². The van der Waals surface area contributed by atoms with Crippen LogP contribution in [0.4, 0.5) is 13.2 Å². The summed E-state index contributed by atoms with van der Waals surface area (Å²) in [5.74, 6) is 0.258. The molecule has 0 saturated heterocycles. The van der Waals surface area contributed by atoms with E-state index in [1.165, 1.54) is 12.1 Å². The first kappa shape index (κ1) is 44.2. The van der Waals surface area contributed by atoms with Crippen LogP contribution in [0, 0.1) is 5.92 Å². The van der Waals surface area contributed by atoms with E-state index < -0.39 is 31.8 Å². The maximum absolute atomic E-state index is 13.4. The minimum Gasteiger partial charge on any atom is -0.405 e. The van der Waals surface area contributed by atoms with Gasteiger partial charge in [-0.3, -0.25) is 0 Å². The van der Waals surface area contributed by atoms with Crippen molar-refractivity contribution in [2.24, 2.45) is 5.92 Å². The molecule has 0 amide bonds. The predicted octanol–water partition coefficient (Wildman–Crippen LogP) is 11.8. The molecule has 4 nitrogen and oxygen atoms in total. The molecule has 6 aromatic rings. The van der Waals surface area contributed by atoms with Crippen molar-refractivity contribution in [3.8, 4) is 0 Å². The summed E-state index contributed by atoms with van der Waals surface area (Å²) < 4.78 is 68.1. The Morgan fingerprint density at radius 2 is 1.05 bits per heavy atom. The van der Waals surface area contributed by atoms with Gasteiger partial charge in [0.15, 0.2) is 0 Å². The summed E-state index contributed by atoms with van der Waals surface area (Å²) in [6.45, 7) is 7.90. The van der Waals surface area contributed by atoms with Gasteiger partial charge in [0.1, 0.15) is 11.7 Å². The number of benzene rings is 6. The summed E-state index contributed by atoms with van der Waals surface area (Å²) in [4.78, 5) is 0. The molecule has 0 aromatic heterocycles. The van der Waals surface area contributed by atoms with Crippen molar-refractivity contribution in [1.29, 1.82) is 0 Å². The molecule has 1 aliphatic rings. The van der Waals surface area contributed by atoms with Gasteiger partial charge in [-0.15, -0.1) is 0 Å². The third-order valence-electron chi connectivity index (χ3n) is 12.0. The second-order valence-corrected chi connectivity index (χ2v) is 21.5. The molecule has 1 saturated carbocycles. The van der Waals surface area contributed by atoms with E-state index in [-0.39, 0.29) is 36.9 Å². The standard InChI is InChI=1S/C53H57F3O4Si/c1-51(2,3)61(49-28-15-7-16-29-49,50-30-17-8-18-31-50)60-40-48(57-37-41-32-34-46(35-33-41)53(54,55)56)39-58-47-27-19-20-42(36-47)38-59-52(43-21-9-4-10-22-43,44-23-11-5-12-24-44)45-25-13-6-14-26-45/h4-18,21-26,28-35,42,47-48H,19-20,27,36-40H2,1-3H3/t42-,47+,48?/m0/s1. The fraction of sp³-hybridized carbons (Fsp3) is 0.321. The van der Waals surface area contributed by atoms with Crippen LogP contribution in [-0.4, -0.2) is 40.3 Å². The second kappa shape index (κ2) is 19.9. The Bertz CT molecular complexity index is 2060. The maximum atomic E-state index is 13.4. The lowest BCUT2D eigenvalue weighted by atomic mass is 9.79. The van der Waals surface area contributed by atoms with Crippen LogP contribution in [0.15, 0.2) is 176 Å². The summed E-state index contributed by atoms with van der Waals surface area (Å²) >= 11 is 0. The Balaban J connectivity index is 1.11. The molecule has 0 spiro atoms. The zero-order valence-electron chi connectivity index (χ0n) is 35.4. The highest BCUT2D eigenvalue weighted by Crippen LogP contribution is 2.42. The van der Waals surface area contributed by atoms with Crippen molar-refractivity contribution in [2.45, 2.75) is 82.1 Å². The van der Waals surface area contributed by atoms with E-state index >= 15 is 0 Å². The number of alkyl halides is 3. The minimum atomic E-state index is -4.41. The van der Waals surface area contributed by atoms with E-state index in [1.54, 1.807) is 0 Å². The van der Waals surface area contributed by atoms with Gasteiger partial charge >= 0.3 is 6.18 Å². The third kappa shape index (κ3) is 10.4. The van der Waals surface area contributed by atoms with Gasteiger partial charge in [0.2, 0.25) is 0 Å². The Labute approximate surface area is 360 Å². The van der Waals surface area contributed by atoms with E-state index in [0.717, 1.165) is 64.9 Å². The van der Waals surface area contributed by atoms with E-state index in [2.05, 4.69) is 142 Å². The van der Waals surface area contributed by atoms with Gasteiger partial charge in [0.25, 0.3) is 8.32 Å². The molecule has 318 valence electrons. The van der Waals surface area contributed by atoms with Crippen LogP contribution in [0.2, 0.25) is 5.04 Å². The maximum Gasteiger partial charge on any atom is 0.416 e. The van der Waals surface area contributed by atoms with Crippen molar-refractivity contribution in [3.63, 3.8) is 0 Å². The number of hydrogen-bond donors (Lipinski definition) is 0. The van der Waals surface area contributed by atoms with Crippen molar-refractivity contribution >= 4 is 18.7 Å². The normalized spacial score (nSPS) is 16.9. The molecular weight excluding hydrogens is 786 g/mol. The first-order valence-electron chi connectivity index (χ1n) is 21.4. The van der Waals surface area contributed by atoms with Gasteiger partial charge in [0, 0.05) is 0 Å². The topological polar surface area (TPSA) is 36.9 Å². The second-order valence-electron chi connectivity index (χ2n) is 17.2. The molecule has 3 atom stereocenters. The van der Waals surface area contributed by atoms with Crippen LogP contribution >= 0.6 is 0 Å². The van der Waals surface area contributed by atoms with E-state index in [0.29, 0.717) is 12.2 Å². The molecule has 1 unspecified atom stereocenters. The average molecular weight is 843 g/mol. The van der Waals surface area contributed by atoms with Crippen molar-refractivity contribution in [1.82, 2.24) is 0 Å². The van der Waals surface area contributed by atoms with Crippen LogP contribution < -0.4 is 10.4 Å². The Morgan fingerprint density at radius 3 is 1.51 bits per heavy atom. The van der Waals surface area contributed by atoms with Gasteiger partial charge in [0.05, 0.1) is 38.1 Å². The van der Waals surface area contributed by atoms with E-state index in [9.17, 15) is 13.2 Å². The van der Waals surface area contributed by atoms with Crippen LogP contribution in [0.25, 0.3) is 0 Å². The van der Waals surface area contributed by atoms with Crippen LogP contribution in [0.5, 0.6) is 0 Å². The summed E-state index contributed by atoms with van der Waals surface area (Å²) in [5.41, 5.74) is 2.39. The minimum absolute atomic E-state index is 0.0213. The summed E-state index contributed by atoms with van der Waals surface area (Å²) in [5, 5.41) is 2.06. The van der Waals surface area contributed by atoms with Crippen molar-refractivity contribution < 1.29 is 31.8 Å². The zero-order chi connectivity index (χ0) is 42.8. The van der Waals surface area contributed by atoms with Gasteiger partial charge in [-0.1, -0.05) is 191 Å². The number of hydrogen-bond acceptors (Lipinski definition) is 4.